The normalized spacial score (nSPS) is 11.3. The summed E-state index contributed by atoms with van der Waals surface area (Å²) in [5.74, 6) is 1.04. The van der Waals surface area contributed by atoms with Crippen molar-refractivity contribution in [2.24, 2.45) is 0 Å². The molecule has 2 aromatic rings. The van der Waals surface area contributed by atoms with E-state index in [2.05, 4.69) is 34.6 Å². The molecule has 26 heavy (non-hydrogen) atoms. The maximum absolute atomic E-state index is 10.3. The lowest BCUT2D eigenvalue weighted by Gasteiger charge is -2.23. The van der Waals surface area contributed by atoms with Crippen LogP contribution >= 0.6 is 0 Å². The third-order valence-corrected chi connectivity index (χ3v) is 4.95. The molecule has 0 saturated heterocycles. The second kappa shape index (κ2) is 9.12. The minimum absolute atomic E-state index is 0.325. The van der Waals surface area contributed by atoms with Gasteiger partial charge in [0.25, 0.3) is 0 Å². The molecule has 2 nitrogen and oxygen atoms in total. The van der Waals surface area contributed by atoms with Crippen molar-refractivity contribution in [2.45, 2.75) is 79.1 Å². The first-order valence-electron chi connectivity index (χ1n) is 10.1. The Morgan fingerprint density at radius 1 is 0.654 bits per heavy atom. The van der Waals surface area contributed by atoms with E-state index in [1.165, 1.54) is 33.4 Å². The lowest BCUT2D eigenvalue weighted by Crippen LogP contribution is -2.04. The fraction of sp³-hybridized carbons (Fsp3) is 0.500. The second-order valence-corrected chi connectivity index (χ2v) is 7.61. The second-order valence-electron chi connectivity index (χ2n) is 7.61. The van der Waals surface area contributed by atoms with Crippen molar-refractivity contribution in [2.75, 3.05) is 0 Å². The average Bonchev–Trinajstić information content (AvgIpc) is 2.56. The van der Waals surface area contributed by atoms with Gasteiger partial charge in [0, 0.05) is 0 Å². The van der Waals surface area contributed by atoms with E-state index >= 15 is 0 Å². The number of aromatic hydroxyl groups is 2. The van der Waals surface area contributed by atoms with Crippen LogP contribution in [-0.2, 0) is 19.3 Å². The summed E-state index contributed by atoms with van der Waals surface area (Å²) in [5.41, 5.74) is 7.44. The number of rotatable bonds is 8. The fourth-order valence-corrected chi connectivity index (χ4v) is 3.94. The smallest absolute Gasteiger partial charge is 0.116 e. The number of phenols is 2. The molecule has 0 aliphatic carbocycles. The lowest BCUT2D eigenvalue weighted by molar-refractivity contribution is 0.472. The third-order valence-electron chi connectivity index (χ3n) is 4.95. The number of hydrogen-bond acceptors (Lipinski definition) is 2. The Morgan fingerprint density at radius 2 is 1.04 bits per heavy atom. The summed E-state index contributed by atoms with van der Waals surface area (Å²) >= 11 is 0. The SMILES string of the molecule is CCCc1cc(O)cc(CCC)c1-c1c(CCC)cc(O)cc1C(C)C. The lowest BCUT2D eigenvalue weighted by atomic mass is 9.81. The van der Waals surface area contributed by atoms with Crippen LogP contribution < -0.4 is 0 Å². The van der Waals surface area contributed by atoms with Gasteiger partial charge in [0.2, 0.25) is 0 Å². The first kappa shape index (κ1) is 20.4. The predicted molar refractivity (Wildman–Crippen MR) is 111 cm³/mol. The van der Waals surface area contributed by atoms with Crippen LogP contribution in [0.1, 0.15) is 82.1 Å². The molecule has 0 amide bonds. The molecule has 0 aliphatic heterocycles. The Morgan fingerprint density at radius 3 is 1.42 bits per heavy atom. The Kier molecular flexibility index (Phi) is 7.14. The van der Waals surface area contributed by atoms with E-state index in [0.29, 0.717) is 17.4 Å². The van der Waals surface area contributed by atoms with E-state index in [-0.39, 0.29) is 0 Å². The average molecular weight is 355 g/mol. The van der Waals surface area contributed by atoms with Crippen molar-refractivity contribution in [3.05, 3.63) is 46.5 Å². The molecule has 0 atom stereocenters. The molecular weight excluding hydrogens is 320 g/mol. The number of aryl methyl sites for hydroxylation is 3. The molecule has 0 fully saturated rings. The molecule has 2 heteroatoms. The topological polar surface area (TPSA) is 40.5 Å². The van der Waals surface area contributed by atoms with Crippen LogP contribution in [0.15, 0.2) is 24.3 Å². The van der Waals surface area contributed by atoms with Crippen molar-refractivity contribution < 1.29 is 10.2 Å². The summed E-state index contributed by atoms with van der Waals surface area (Å²) in [4.78, 5) is 0. The summed E-state index contributed by atoms with van der Waals surface area (Å²) in [6.45, 7) is 10.9. The predicted octanol–water partition coefficient (Wildman–Crippen LogP) is 6.75. The van der Waals surface area contributed by atoms with Crippen molar-refractivity contribution in [3.8, 4) is 22.6 Å². The summed E-state index contributed by atoms with van der Waals surface area (Å²) in [7, 11) is 0. The highest BCUT2D eigenvalue weighted by atomic mass is 16.3. The van der Waals surface area contributed by atoms with E-state index in [4.69, 9.17) is 0 Å². The minimum Gasteiger partial charge on any atom is -0.508 e. The van der Waals surface area contributed by atoms with Crippen molar-refractivity contribution in [1.29, 1.82) is 0 Å². The number of hydrogen-bond donors (Lipinski definition) is 2. The summed E-state index contributed by atoms with van der Waals surface area (Å²) < 4.78 is 0. The van der Waals surface area contributed by atoms with Gasteiger partial charge < -0.3 is 10.2 Å². The van der Waals surface area contributed by atoms with Gasteiger partial charge in [0.15, 0.2) is 0 Å². The van der Waals surface area contributed by atoms with Crippen LogP contribution in [0.4, 0.5) is 0 Å². The maximum atomic E-state index is 10.3. The molecule has 142 valence electrons. The Balaban J connectivity index is 2.88. The molecule has 0 aliphatic rings. The van der Waals surface area contributed by atoms with E-state index in [0.717, 1.165) is 38.5 Å². The van der Waals surface area contributed by atoms with Gasteiger partial charge in [-0.25, -0.2) is 0 Å². The van der Waals surface area contributed by atoms with Gasteiger partial charge in [-0.15, -0.1) is 0 Å². The summed E-state index contributed by atoms with van der Waals surface area (Å²) in [5, 5.41) is 20.6. The Hall–Kier alpha value is -1.96. The van der Waals surface area contributed by atoms with Crippen LogP contribution in [0.2, 0.25) is 0 Å². The van der Waals surface area contributed by atoms with Gasteiger partial charge in [-0.1, -0.05) is 53.9 Å². The maximum Gasteiger partial charge on any atom is 0.116 e. The zero-order chi connectivity index (χ0) is 19.3. The molecule has 0 bridgehead atoms. The van der Waals surface area contributed by atoms with Crippen LogP contribution in [0, 0.1) is 0 Å². The highest BCUT2D eigenvalue weighted by Gasteiger charge is 2.21. The molecule has 0 saturated carbocycles. The molecule has 2 aromatic carbocycles. The van der Waals surface area contributed by atoms with Crippen molar-refractivity contribution in [3.63, 3.8) is 0 Å². The molecule has 0 unspecified atom stereocenters. The van der Waals surface area contributed by atoms with E-state index in [1.807, 2.05) is 24.3 Å². The highest BCUT2D eigenvalue weighted by molar-refractivity contribution is 5.79. The minimum atomic E-state index is 0.325. The molecule has 2 N–H and O–H groups in total. The van der Waals surface area contributed by atoms with Crippen LogP contribution in [0.5, 0.6) is 11.5 Å². The number of phenolic OH excluding ortho intramolecular Hbond substituents is 2. The Bertz CT molecular complexity index is 717. The zero-order valence-electron chi connectivity index (χ0n) is 17.0. The standard InChI is InChI=1S/C24H34O2/c1-6-9-17-12-20(25)13-18(10-7-2)23(17)24-19(11-8-3)14-21(26)15-22(24)16(4)5/h12-16,25-26H,6-11H2,1-5H3. The quantitative estimate of drug-likeness (QED) is 0.550. The summed E-state index contributed by atoms with van der Waals surface area (Å²) in [6, 6.07) is 7.73. The Labute approximate surface area is 158 Å². The number of benzene rings is 2. The van der Waals surface area contributed by atoms with Gasteiger partial charge in [0.1, 0.15) is 11.5 Å². The molecule has 2 rings (SSSR count). The van der Waals surface area contributed by atoms with Crippen molar-refractivity contribution in [1.82, 2.24) is 0 Å². The van der Waals surface area contributed by atoms with Crippen LogP contribution in [-0.4, -0.2) is 10.2 Å². The van der Waals surface area contributed by atoms with Gasteiger partial charge in [-0.05, 0) is 82.8 Å². The monoisotopic (exact) mass is 354 g/mol. The molecule has 0 heterocycles. The molecule has 0 radical (unpaired) electrons. The highest BCUT2D eigenvalue weighted by Crippen LogP contribution is 2.41. The fourth-order valence-electron chi connectivity index (χ4n) is 3.94. The van der Waals surface area contributed by atoms with Crippen molar-refractivity contribution >= 4 is 0 Å². The molecule has 0 aromatic heterocycles. The summed E-state index contributed by atoms with van der Waals surface area (Å²) in [6.07, 6.45) is 5.97. The first-order chi connectivity index (χ1) is 12.4. The molecule has 0 spiro atoms. The van der Waals surface area contributed by atoms with Gasteiger partial charge in [-0.3, -0.25) is 0 Å². The molecular formula is C24H34O2. The van der Waals surface area contributed by atoms with Gasteiger partial charge in [-0.2, -0.15) is 0 Å². The van der Waals surface area contributed by atoms with E-state index < -0.39 is 0 Å². The third kappa shape index (κ3) is 4.41. The first-order valence-corrected chi connectivity index (χ1v) is 10.1. The van der Waals surface area contributed by atoms with Crippen LogP contribution in [0.25, 0.3) is 11.1 Å². The van der Waals surface area contributed by atoms with Gasteiger partial charge in [0.05, 0.1) is 0 Å². The van der Waals surface area contributed by atoms with Gasteiger partial charge >= 0.3 is 0 Å². The zero-order valence-corrected chi connectivity index (χ0v) is 17.0. The van der Waals surface area contributed by atoms with E-state index in [1.54, 1.807) is 0 Å². The van der Waals surface area contributed by atoms with Crippen LogP contribution in [0.3, 0.4) is 0 Å². The largest absolute Gasteiger partial charge is 0.508 e. The van der Waals surface area contributed by atoms with E-state index in [9.17, 15) is 10.2 Å².